The van der Waals surface area contributed by atoms with E-state index in [1.54, 1.807) is 0 Å². The van der Waals surface area contributed by atoms with Crippen LogP contribution in [0, 0.1) is 17.8 Å². The van der Waals surface area contributed by atoms with Gasteiger partial charge in [-0.15, -0.1) is 0 Å². The van der Waals surface area contributed by atoms with E-state index < -0.39 is 0 Å². The summed E-state index contributed by atoms with van der Waals surface area (Å²) < 4.78 is 0. The number of nitrogens with two attached hydrogens (primary N) is 1. The van der Waals surface area contributed by atoms with E-state index in [0.717, 1.165) is 31.6 Å². The molecule has 3 nitrogen and oxygen atoms in total. The summed E-state index contributed by atoms with van der Waals surface area (Å²) in [4.78, 5) is 2.39. The van der Waals surface area contributed by atoms with Gasteiger partial charge >= 0.3 is 0 Å². The summed E-state index contributed by atoms with van der Waals surface area (Å²) in [5.41, 5.74) is 7.67. The molecule has 1 fully saturated rings. The highest BCUT2D eigenvalue weighted by molar-refractivity contribution is 5.37. The van der Waals surface area contributed by atoms with Crippen molar-refractivity contribution in [3.63, 3.8) is 0 Å². The van der Waals surface area contributed by atoms with E-state index in [0.29, 0.717) is 19.1 Å². The van der Waals surface area contributed by atoms with E-state index in [9.17, 15) is 0 Å². The summed E-state index contributed by atoms with van der Waals surface area (Å²) in [5, 5.41) is 9.13. The van der Waals surface area contributed by atoms with Crippen LogP contribution in [0.1, 0.15) is 17.5 Å². The molecular formula is C15H20N2O. The SMILES string of the molecule is NCC#Cc1cccc(CN2CCC(CO)C2)c1. The Kier molecular flexibility index (Phi) is 4.77. The fourth-order valence-corrected chi connectivity index (χ4v) is 2.36. The third-order valence-corrected chi connectivity index (χ3v) is 3.30. The van der Waals surface area contributed by atoms with Gasteiger partial charge in [-0.05, 0) is 36.6 Å². The Labute approximate surface area is 109 Å². The van der Waals surface area contributed by atoms with Crippen molar-refractivity contribution >= 4 is 0 Å². The molecule has 1 aliphatic rings. The van der Waals surface area contributed by atoms with Crippen LogP contribution in [-0.4, -0.2) is 36.2 Å². The fraction of sp³-hybridized carbons (Fsp3) is 0.467. The van der Waals surface area contributed by atoms with E-state index in [1.165, 1.54) is 5.56 Å². The van der Waals surface area contributed by atoms with Gasteiger partial charge < -0.3 is 10.8 Å². The second kappa shape index (κ2) is 6.55. The molecule has 1 heterocycles. The van der Waals surface area contributed by atoms with Gasteiger partial charge in [0, 0.05) is 25.3 Å². The monoisotopic (exact) mass is 244 g/mol. The standard InChI is InChI=1S/C15H20N2O/c16-7-2-5-13-3-1-4-14(9-13)10-17-8-6-15(11-17)12-18/h1,3-4,9,15,18H,6-8,10-12,16H2. The number of rotatable bonds is 3. The van der Waals surface area contributed by atoms with Crippen molar-refractivity contribution in [3.05, 3.63) is 35.4 Å². The molecule has 1 aromatic carbocycles. The highest BCUT2D eigenvalue weighted by atomic mass is 16.3. The lowest BCUT2D eigenvalue weighted by molar-refractivity contribution is 0.220. The predicted molar refractivity (Wildman–Crippen MR) is 72.8 cm³/mol. The molecule has 0 aromatic heterocycles. The molecule has 1 saturated heterocycles. The number of likely N-dealkylation sites (tertiary alicyclic amines) is 1. The smallest absolute Gasteiger partial charge is 0.0555 e. The summed E-state index contributed by atoms with van der Waals surface area (Å²) in [7, 11) is 0. The first-order valence-electron chi connectivity index (χ1n) is 6.43. The van der Waals surface area contributed by atoms with Crippen molar-refractivity contribution in [2.24, 2.45) is 11.7 Å². The molecule has 0 radical (unpaired) electrons. The van der Waals surface area contributed by atoms with Crippen molar-refractivity contribution < 1.29 is 5.11 Å². The Morgan fingerprint density at radius 3 is 3.06 bits per heavy atom. The molecule has 3 heteroatoms. The molecule has 18 heavy (non-hydrogen) atoms. The van der Waals surface area contributed by atoms with E-state index in [-0.39, 0.29) is 0 Å². The second-order valence-corrected chi connectivity index (χ2v) is 4.78. The summed E-state index contributed by atoms with van der Waals surface area (Å²) in [6.07, 6.45) is 1.10. The van der Waals surface area contributed by atoms with Gasteiger partial charge in [-0.2, -0.15) is 0 Å². The number of aliphatic hydroxyl groups excluding tert-OH is 1. The van der Waals surface area contributed by atoms with Crippen LogP contribution in [0.2, 0.25) is 0 Å². The lowest BCUT2D eigenvalue weighted by Gasteiger charge is -2.15. The highest BCUT2D eigenvalue weighted by Gasteiger charge is 2.21. The fourth-order valence-electron chi connectivity index (χ4n) is 2.36. The molecule has 1 aromatic rings. The molecule has 3 N–H and O–H groups in total. The van der Waals surface area contributed by atoms with Crippen LogP contribution in [-0.2, 0) is 6.54 Å². The quantitative estimate of drug-likeness (QED) is 0.774. The average Bonchev–Trinajstić information content (AvgIpc) is 2.84. The molecule has 0 amide bonds. The van der Waals surface area contributed by atoms with Crippen LogP contribution < -0.4 is 5.73 Å². The highest BCUT2D eigenvalue weighted by Crippen LogP contribution is 2.18. The van der Waals surface area contributed by atoms with E-state index in [2.05, 4.69) is 28.9 Å². The van der Waals surface area contributed by atoms with Crippen molar-refractivity contribution in [2.45, 2.75) is 13.0 Å². The molecule has 0 aliphatic carbocycles. The van der Waals surface area contributed by atoms with Gasteiger partial charge in [-0.3, -0.25) is 4.90 Å². The minimum absolute atomic E-state index is 0.304. The zero-order valence-electron chi connectivity index (χ0n) is 10.6. The zero-order chi connectivity index (χ0) is 12.8. The van der Waals surface area contributed by atoms with E-state index >= 15 is 0 Å². The van der Waals surface area contributed by atoms with Crippen LogP contribution in [0.15, 0.2) is 24.3 Å². The number of hydrogen-bond donors (Lipinski definition) is 2. The summed E-state index contributed by atoms with van der Waals surface area (Å²) in [5.74, 6) is 6.38. The largest absolute Gasteiger partial charge is 0.396 e. The Bertz CT molecular complexity index is 447. The Morgan fingerprint density at radius 2 is 2.33 bits per heavy atom. The Morgan fingerprint density at radius 1 is 1.44 bits per heavy atom. The number of nitrogens with zero attached hydrogens (tertiary/aromatic N) is 1. The molecule has 0 saturated carbocycles. The van der Waals surface area contributed by atoms with Gasteiger partial charge in [-0.1, -0.05) is 24.0 Å². The van der Waals surface area contributed by atoms with Gasteiger partial charge in [0.05, 0.1) is 6.54 Å². The molecule has 1 atom stereocenters. The van der Waals surface area contributed by atoms with E-state index in [4.69, 9.17) is 10.8 Å². The maximum absolute atomic E-state index is 9.13. The Balaban J connectivity index is 1.97. The molecule has 2 rings (SSSR count). The predicted octanol–water partition coefficient (Wildman–Crippen LogP) is 0.811. The summed E-state index contributed by atoms with van der Waals surface area (Å²) >= 11 is 0. The lowest BCUT2D eigenvalue weighted by atomic mass is 10.1. The first-order chi connectivity index (χ1) is 8.81. The number of hydrogen-bond acceptors (Lipinski definition) is 3. The molecule has 0 spiro atoms. The van der Waals surface area contributed by atoms with Gasteiger partial charge in [0.15, 0.2) is 0 Å². The molecular weight excluding hydrogens is 224 g/mol. The second-order valence-electron chi connectivity index (χ2n) is 4.78. The minimum Gasteiger partial charge on any atom is -0.396 e. The third kappa shape index (κ3) is 3.58. The van der Waals surface area contributed by atoms with Gasteiger partial charge in [0.1, 0.15) is 0 Å². The lowest BCUT2D eigenvalue weighted by Crippen LogP contribution is -2.20. The van der Waals surface area contributed by atoms with Crippen LogP contribution >= 0.6 is 0 Å². The molecule has 1 unspecified atom stereocenters. The van der Waals surface area contributed by atoms with E-state index in [1.807, 2.05) is 12.1 Å². The topological polar surface area (TPSA) is 49.5 Å². The van der Waals surface area contributed by atoms with Crippen molar-refractivity contribution in [1.29, 1.82) is 0 Å². The van der Waals surface area contributed by atoms with Crippen LogP contribution in [0.4, 0.5) is 0 Å². The minimum atomic E-state index is 0.304. The summed E-state index contributed by atoms with van der Waals surface area (Å²) in [6, 6.07) is 8.29. The molecule has 96 valence electrons. The summed E-state index contributed by atoms with van der Waals surface area (Å²) in [6.45, 7) is 3.71. The third-order valence-electron chi connectivity index (χ3n) is 3.30. The van der Waals surface area contributed by atoms with Crippen molar-refractivity contribution in [2.75, 3.05) is 26.2 Å². The first kappa shape index (κ1) is 13.1. The number of aliphatic hydroxyl groups is 1. The van der Waals surface area contributed by atoms with Crippen LogP contribution in [0.3, 0.4) is 0 Å². The van der Waals surface area contributed by atoms with Gasteiger partial charge in [0.25, 0.3) is 0 Å². The van der Waals surface area contributed by atoms with Crippen molar-refractivity contribution in [1.82, 2.24) is 4.90 Å². The maximum Gasteiger partial charge on any atom is 0.0555 e. The van der Waals surface area contributed by atoms with Gasteiger partial charge in [0.2, 0.25) is 0 Å². The van der Waals surface area contributed by atoms with Crippen LogP contribution in [0.25, 0.3) is 0 Å². The average molecular weight is 244 g/mol. The first-order valence-corrected chi connectivity index (χ1v) is 6.43. The van der Waals surface area contributed by atoms with Crippen LogP contribution in [0.5, 0.6) is 0 Å². The number of benzene rings is 1. The van der Waals surface area contributed by atoms with Gasteiger partial charge in [-0.25, -0.2) is 0 Å². The van der Waals surface area contributed by atoms with Crippen molar-refractivity contribution in [3.8, 4) is 11.8 Å². The molecule has 0 bridgehead atoms. The Hall–Kier alpha value is -1.34. The zero-order valence-corrected chi connectivity index (χ0v) is 10.6. The normalized spacial score (nSPS) is 19.6. The maximum atomic E-state index is 9.13. The molecule has 1 aliphatic heterocycles.